The van der Waals surface area contributed by atoms with Gasteiger partial charge in [-0.05, 0) is 80.3 Å². The summed E-state index contributed by atoms with van der Waals surface area (Å²) in [6.07, 6.45) is 1.29. The Balaban J connectivity index is 1.80. The van der Waals surface area contributed by atoms with Gasteiger partial charge in [-0.25, -0.2) is 18.1 Å². The van der Waals surface area contributed by atoms with Crippen LogP contribution in [0.4, 0.5) is 0 Å². The van der Waals surface area contributed by atoms with Crippen molar-refractivity contribution in [2.45, 2.75) is 39.5 Å². The number of amides is 1. The number of aryl methyl sites for hydroxylation is 3. The van der Waals surface area contributed by atoms with E-state index in [1.54, 1.807) is 18.2 Å². The molecule has 0 aliphatic rings. The number of aromatic nitrogens is 2. The molecule has 0 radical (unpaired) electrons. The molecule has 2 N–H and O–H groups in total. The number of hydrogen-bond donors (Lipinski definition) is 2. The SMILES string of the molecule is Cc1cc(C)c(Oc2nc(-c3cc(OCC(C)C)ccc3Cl)ccc2C(=O)NS(=O)(=O)c2ccc[nH]c2=O)c(C)c1. The Morgan fingerprint density at radius 2 is 1.76 bits per heavy atom. The van der Waals surface area contributed by atoms with Gasteiger partial charge in [0.2, 0.25) is 5.88 Å². The minimum absolute atomic E-state index is 0.142. The Labute approximate surface area is 243 Å². The van der Waals surface area contributed by atoms with Crippen LogP contribution in [0.25, 0.3) is 11.3 Å². The van der Waals surface area contributed by atoms with Gasteiger partial charge >= 0.3 is 0 Å². The van der Waals surface area contributed by atoms with E-state index in [4.69, 9.17) is 21.1 Å². The summed E-state index contributed by atoms with van der Waals surface area (Å²) in [5, 5.41) is 0.395. The molecule has 214 valence electrons. The van der Waals surface area contributed by atoms with E-state index < -0.39 is 26.4 Å². The Morgan fingerprint density at radius 1 is 1.05 bits per heavy atom. The minimum atomic E-state index is -4.50. The molecule has 11 heteroatoms. The quantitative estimate of drug-likeness (QED) is 0.244. The Kier molecular flexibility index (Phi) is 8.84. The number of ether oxygens (including phenoxy) is 2. The van der Waals surface area contributed by atoms with E-state index in [-0.39, 0.29) is 11.4 Å². The predicted octanol–water partition coefficient (Wildman–Crippen LogP) is 5.96. The number of halogens is 1. The lowest BCUT2D eigenvalue weighted by atomic mass is 10.1. The number of hydrogen-bond acceptors (Lipinski definition) is 7. The van der Waals surface area contributed by atoms with Gasteiger partial charge in [-0.15, -0.1) is 0 Å². The Bertz CT molecular complexity index is 1760. The summed E-state index contributed by atoms with van der Waals surface area (Å²) in [6.45, 7) is 10.2. The number of H-pyrrole nitrogens is 1. The third-order valence-corrected chi connectivity index (χ3v) is 7.69. The number of carbonyl (C=O) groups is 1. The molecule has 2 heterocycles. The fraction of sp³-hybridized carbons (Fsp3) is 0.233. The average Bonchev–Trinajstić information content (AvgIpc) is 2.90. The summed E-state index contributed by atoms with van der Waals surface area (Å²) in [5.41, 5.74) is 2.51. The highest BCUT2D eigenvalue weighted by Crippen LogP contribution is 2.35. The molecule has 0 atom stereocenters. The molecule has 0 saturated carbocycles. The van der Waals surface area contributed by atoms with E-state index in [1.807, 2.05) is 51.5 Å². The maximum atomic E-state index is 13.3. The van der Waals surface area contributed by atoms with E-state index in [0.717, 1.165) is 22.8 Å². The summed E-state index contributed by atoms with van der Waals surface area (Å²) in [7, 11) is -4.50. The van der Waals surface area contributed by atoms with Crippen molar-refractivity contribution in [1.82, 2.24) is 14.7 Å². The second kappa shape index (κ2) is 12.2. The molecule has 0 bridgehead atoms. The highest BCUT2D eigenvalue weighted by molar-refractivity contribution is 7.90. The van der Waals surface area contributed by atoms with Gasteiger partial charge < -0.3 is 14.5 Å². The van der Waals surface area contributed by atoms with Gasteiger partial charge in [0, 0.05) is 11.8 Å². The first-order chi connectivity index (χ1) is 19.4. The molecule has 0 fully saturated rings. The van der Waals surface area contributed by atoms with Gasteiger partial charge in [-0.1, -0.05) is 43.1 Å². The van der Waals surface area contributed by atoms with Crippen LogP contribution in [0.3, 0.4) is 0 Å². The number of sulfonamides is 1. The van der Waals surface area contributed by atoms with Gasteiger partial charge in [0.1, 0.15) is 17.1 Å². The standard InChI is InChI=1S/C30H30ClN3O6S/c1-17(2)16-39-21-8-10-24(31)23(15-21)25-11-9-22(28(35)34-41(37,38)26-7-6-12-32-29(26)36)30(33-25)40-27-19(4)13-18(3)14-20(27)5/h6-15,17H,16H2,1-5H3,(H,32,36)(H,34,35). The van der Waals surface area contributed by atoms with Crippen molar-refractivity contribution in [1.29, 1.82) is 0 Å². The van der Waals surface area contributed by atoms with E-state index >= 15 is 0 Å². The largest absolute Gasteiger partial charge is 0.493 e. The second-order valence-corrected chi connectivity index (χ2v) is 12.1. The van der Waals surface area contributed by atoms with Crippen LogP contribution < -0.4 is 19.8 Å². The molecule has 0 saturated heterocycles. The first-order valence-corrected chi connectivity index (χ1v) is 14.7. The number of benzene rings is 2. The number of nitrogens with one attached hydrogen (secondary N) is 2. The highest BCUT2D eigenvalue weighted by atomic mass is 35.5. The lowest BCUT2D eigenvalue weighted by molar-refractivity contribution is 0.0978. The normalized spacial score (nSPS) is 11.4. The monoisotopic (exact) mass is 595 g/mol. The first kappa shape index (κ1) is 29.8. The summed E-state index contributed by atoms with van der Waals surface area (Å²) >= 11 is 6.52. The van der Waals surface area contributed by atoms with Gasteiger partial charge in [-0.2, -0.15) is 0 Å². The summed E-state index contributed by atoms with van der Waals surface area (Å²) < 4.78 is 39.8. The summed E-state index contributed by atoms with van der Waals surface area (Å²) in [5.74, 6) is 0.209. The zero-order chi connectivity index (χ0) is 29.9. The zero-order valence-corrected chi connectivity index (χ0v) is 24.8. The number of nitrogens with zero attached hydrogens (tertiary/aromatic N) is 1. The number of aromatic amines is 1. The lowest BCUT2D eigenvalue weighted by Crippen LogP contribution is -2.34. The van der Waals surface area contributed by atoms with E-state index in [2.05, 4.69) is 9.97 Å². The van der Waals surface area contributed by atoms with Crippen LogP contribution in [-0.4, -0.2) is 30.9 Å². The number of rotatable bonds is 9. The smallest absolute Gasteiger partial charge is 0.270 e. The van der Waals surface area contributed by atoms with Gasteiger partial charge in [0.25, 0.3) is 21.5 Å². The van der Waals surface area contributed by atoms with Crippen LogP contribution in [0, 0.1) is 26.7 Å². The molecule has 41 heavy (non-hydrogen) atoms. The summed E-state index contributed by atoms with van der Waals surface area (Å²) in [6, 6.07) is 14.4. The third-order valence-electron chi connectivity index (χ3n) is 6.00. The predicted molar refractivity (Wildman–Crippen MR) is 157 cm³/mol. The van der Waals surface area contributed by atoms with Crippen LogP contribution >= 0.6 is 11.6 Å². The number of pyridine rings is 2. The maximum absolute atomic E-state index is 13.3. The van der Waals surface area contributed by atoms with Crippen molar-refractivity contribution >= 4 is 27.5 Å². The molecule has 0 spiro atoms. The fourth-order valence-corrected chi connectivity index (χ4v) is 5.41. The molecular formula is C30H30ClN3O6S. The van der Waals surface area contributed by atoms with E-state index in [1.165, 1.54) is 24.4 Å². The zero-order valence-electron chi connectivity index (χ0n) is 23.2. The van der Waals surface area contributed by atoms with Crippen molar-refractivity contribution in [3.05, 3.63) is 98.4 Å². The van der Waals surface area contributed by atoms with Gasteiger partial charge in [-0.3, -0.25) is 9.59 Å². The van der Waals surface area contributed by atoms with Crippen LogP contribution in [0.1, 0.15) is 40.9 Å². The molecule has 0 aliphatic carbocycles. The van der Waals surface area contributed by atoms with Gasteiger partial charge in [0.15, 0.2) is 4.90 Å². The topological polar surface area (TPSA) is 127 Å². The molecule has 9 nitrogen and oxygen atoms in total. The first-order valence-electron chi connectivity index (χ1n) is 12.8. The Hall–Kier alpha value is -4.15. The lowest BCUT2D eigenvalue weighted by Gasteiger charge is -2.16. The molecular weight excluding hydrogens is 566 g/mol. The molecule has 2 aromatic heterocycles. The van der Waals surface area contributed by atoms with Crippen molar-refractivity contribution in [3.63, 3.8) is 0 Å². The van der Waals surface area contributed by atoms with Crippen LogP contribution in [0.5, 0.6) is 17.4 Å². The highest BCUT2D eigenvalue weighted by Gasteiger charge is 2.26. The molecule has 0 unspecified atom stereocenters. The van der Waals surface area contributed by atoms with Crippen molar-refractivity contribution < 1.29 is 22.7 Å². The average molecular weight is 596 g/mol. The fourth-order valence-electron chi connectivity index (χ4n) is 4.17. The van der Waals surface area contributed by atoms with E-state index in [9.17, 15) is 18.0 Å². The maximum Gasteiger partial charge on any atom is 0.270 e. The molecule has 4 rings (SSSR count). The van der Waals surface area contributed by atoms with Gasteiger partial charge in [0.05, 0.1) is 17.3 Å². The van der Waals surface area contributed by atoms with Crippen molar-refractivity contribution in [2.75, 3.05) is 6.61 Å². The number of carbonyl (C=O) groups excluding carboxylic acids is 1. The Morgan fingerprint density at radius 3 is 2.41 bits per heavy atom. The molecule has 0 aliphatic heterocycles. The molecule has 4 aromatic rings. The minimum Gasteiger partial charge on any atom is -0.493 e. The van der Waals surface area contributed by atoms with Crippen LogP contribution in [0.15, 0.2) is 70.5 Å². The molecule has 2 aromatic carbocycles. The van der Waals surface area contributed by atoms with Crippen molar-refractivity contribution in [2.24, 2.45) is 5.92 Å². The van der Waals surface area contributed by atoms with Crippen molar-refractivity contribution in [3.8, 4) is 28.6 Å². The summed E-state index contributed by atoms with van der Waals surface area (Å²) in [4.78, 5) is 31.7. The third kappa shape index (κ3) is 6.96. The second-order valence-electron chi connectivity index (χ2n) is 10.0. The van der Waals surface area contributed by atoms with E-state index in [0.29, 0.717) is 40.3 Å². The van der Waals surface area contributed by atoms with Crippen LogP contribution in [-0.2, 0) is 10.0 Å². The molecule has 1 amide bonds. The van der Waals surface area contributed by atoms with Crippen LogP contribution in [0.2, 0.25) is 5.02 Å².